The number of methoxy groups -OCH3 is 1. The van der Waals surface area contributed by atoms with E-state index in [1.54, 1.807) is 7.11 Å². The van der Waals surface area contributed by atoms with Gasteiger partial charge in [0.15, 0.2) is 0 Å². The Morgan fingerprint density at radius 1 is 1.08 bits per heavy atom. The zero-order valence-corrected chi connectivity index (χ0v) is 15.0. The number of nitrogens with one attached hydrogen (secondary N) is 2. The highest BCUT2D eigenvalue weighted by Gasteiger charge is 2.21. The lowest BCUT2D eigenvalue weighted by Gasteiger charge is -2.26. The standard InChI is InChI=1S/C19H23ClN2O2/c1-19(2,15-8-10-16(24-3)11-9-15)13-22-18(23)21-12-14-6-4-5-7-17(14)20/h4-11H,12-13H2,1-3H3,(H2,21,22,23). The Morgan fingerprint density at radius 2 is 1.75 bits per heavy atom. The van der Waals surface area contributed by atoms with E-state index in [1.807, 2.05) is 48.5 Å². The second kappa shape index (κ2) is 8.06. The van der Waals surface area contributed by atoms with Crippen LogP contribution >= 0.6 is 11.6 Å². The number of rotatable bonds is 6. The van der Waals surface area contributed by atoms with Crippen molar-refractivity contribution in [1.82, 2.24) is 10.6 Å². The fourth-order valence-corrected chi connectivity index (χ4v) is 2.53. The molecule has 0 fully saturated rings. The minimum atomic E-state index is -0.212. The van der Waals surface area contributed by atoms with E-state index in [0.717, 1.165) is 16.9 Å². The summed E-state index contributed by atoms with van der Waals surface area (Å²) in [6.07, 6.45) is 0. The quantitative estimate of drug-likeness (QED) is 0.826. The number of halogens is 1. The predicted molar refractivity (Wildman–Crippen MR) is 97.7 cm³/mol. The van der Waals surface area contributed by atoms with Crippen LogP contribution in [0.4, 0.5) is 4.79 Å². The first-order valence-corrected chi connectivity index (χ1v) is 8.20. The van der Waals surface area contributed by atoms with Crippen molar-refractivity contribution in [3.8, 4) is 5.75 Å². The van der Waals surface area contributed by atoms with E-state index >= 15 is 0 Å². The molecule has 2 aromatic rings. The summed E-state index contributed by atoms with van der Waals surface area (Å²) in [5.41, 5.74) is 1.84. The zero-order valence-electron chi connectivity index (χ0n) is 14.2. The Balaban J connectivity index is 1.86. The van der Waals surface area contributed by atoms with Crippen molar-refractivity contribution in [2.45, 2.75) is 25.8 Å². The molecule has 0 heterocycles. The third-order valence-corrected chi connectivity index (χ3v) is 4.33. The number of benzene rings is 2. The van der Waals surface area contributed by atoms with Crippen molar-refractivity contribution in [3.63, 3.8) is 0 Å². The van der Waals surface area contributed by atoms with Gasteiger partial charge in [0.1, 0.15) is 5.75 Å². The Bertz CT molecular complexity index is 684. The van der Waals surface area contributed by atoms with Crippen molar-refractivity contribution >= 4 is 17.6 Å². The molecule has 2 aromatic carbocycles. The van der Waals surface area contributed by atoms with E-state index < -0.39 is 0 Å². The molecule has 4 nitrogen and oxygen atoms in total. The van der Waals surface area contributed by atoms with Gasteiger partial charge in [-0.25, -0.2) is 4.79 Å². The summed E-state index contributed by atoms with van der Waals surface area (Å²) in [6, 6.07) is 15.1. The minimum absolute atomic E-state index is 0.187. The van der Waals surface area contributed by atoms with Crippen LogP contribution in [0.25, 0.3) is 0 Å². The molecular weight excluding hydrogens is 324 g/mol. The van der Waals surface area contributed by atoms with Gasteiger partial charge in [0.2, 0.25) is 0 Å². The van der Waals surface area contributed by atoms with E-state index in [2.05, 4.69) is 24.5 Å². The summed E-state index contributed by atoms with van der Waals surface area (Å²) >= 11 is 6.08. The highest BCUT2D eigenvalue weighted by Crippen LogP contribution is 2.24. The largest absolute Gasteiger partial charge is 0.497 e. The first-order chi connectivity index (χ1) is 11.4. The van der Waals surface area contributed by atoms with Crippen molar-refractivity contribution in [1.29, 1.82) is 0 Å². The zero-order chi connectivity index (χ0) is 17.6. The second-order valence-electron chi connectivity index (χ2n) is 6.24. The van der Waals surface area contributed by atoms with Crippen LogP contribution in [-0.4, -0.2) is 19.7 Å². The Kier molecular flexibility index (Phi) is 6.10. The third-order valence-electron chi connectivity index (χ3n) is 3.96. The minimum Gasteiger partial charge on any atom is -0.497 e. The number of hydrogen-bond donors (Lipinski definition) is 2. The lowest BCUT2D eigenvalue weighted by atomic mass is 9.84. The molecule has 0 unspecified atom stereocenters. The van der Waals surface area contributed by atoms with E-state index in [-0.39, 0.29) is 11.4 Å². The molecule has 2 rings (SSSR count). The van der Waals surface area contributed by atoms with Gasteiger partial charge in [-0.3, -0.25) is 0 Å². The summed E-state index contributed by atoms with van der Waals surface area (Å²) in [5, 5.41) is 6.39. The first-order valence-electron chi connectivity index (χ1n) is 7.82. The van der Waals surface area contributed by atoms with Crippen LogP contribution in [0.15, 0.2) is 48.5 Å². The van der Waals surface area contributed by atoms with Crippen LogP contribution in [0.5, 0.6) is 5.75 Å². The van der Waals surface area contributed by atoms with Gasteiger partial charge < -0.3 is 15.4 Å². The summed E-state index contributed by atoms with van der Waals surface area (Å²) in [7, 11) is 1.64. The lowest BCUT2D eigenvalue weighted by Crippen LogP contribution is -2.42. The predicted octanol–water partition coefficient (Wildman–Crippen LogP) is 4.13. The second-order valence-corrected chi connectivity index (χ2v) is 6.65. The number of amides is 2. The maximum atomic E-state index is 12.0. The molecule has 2 amide bonds. The van der Waals surface area contributed by atoms with Crippen molar-refractivity contribution in [3.05, 3.63) is 64.7 Å². The fourth-order valence-electron chi connectivity index (χ4n) is 2.33. The molecular formula is C19H23ClN2O2. The van der Waals surface area contributed by atoms with Gasteiger partial charge in [-0.15, -0.1) is 0 Å². The lowest BCUT2D eigenvalue weighted by molar-refractivity contribution is 0.238. The molecule has 5 heteroatoms. The van der Waals surface area contributed by atoms with E-state index in [1.165, 1.54) is 0 Å². The molecule has 0 spiro atoms. The molecule has 0 atom stereocenters. The average molecular weight is 347 g/mol. The molecule has 0 saturated carbocycles. The van der Waals surface area contributed by atoms with E-state index in [0.29, 0.717) is 18.1 Å². The van der Waals surface area contributed by atoms with Crippen LogP contribution in [-0.2, 0) is 12.0 Å². The maximum Gasteiger partial charge on any atom is 0.315 e. The van der Waals surface area contributed by atoms with Gasteiger partial charge in [-0.2, -0.15) is 0 Å². The molecule has 24 heavy (non-hydrogen) atoms. The Hall–Kier alpha value is -2.20. The summed E-state index contributed by atoms with van der Waals surface area (Å²) in [6.45, 7) is 5.09. The van der Waals surface area contributed by atoms with E-state index in [9.17, 15) is 4.79 Å². The van der Waals surface area contributed by atoms with Gasteiger partial charge in [0.05, 0.1) is 7.11 Å². The van der Waals surface area contributed by atoms with Gasteiger partial charge >= 0.3 is 6.03 Å². The Morgan fingerprint density at radius 3 is 2.38 bits per heavy atom. The summed E-state index contributed by atoms with van der Waals surface area (Å²) in [5.74, 6) is 0.819. The van der Waals surface area contributed by atoms with Gasteiger partial charge in [-0.1, -0.05) is 55.8 Å². The van der Waals surface area contributed by atoms with Gasteiger partial charge in [0.25, 0.3) is 0 Å². The van der Waals surface area contributed by atoms with Crippen LogP contribution in [0.3, 0.4) is 0 Å². The maximum absolute atomic E-state index is 12.0. The number of carbonyl (C=O) groups is 1. The molecule has 0 aliphatic carbocycles. The Labute approximate surface area is 148 Å². The smallest absolute Gasteiger partial charge is 0.315 e. The number of ether oxygens (including phenoxy) is 1. The summed E-state index contributed by atoms with van der Waals surface area (Å²) < 4.78 is 5.17. The average Bonchev–Trinajstić information content (AvgIpc) is 2.59. The van der Waals surface area contributed by atoms with Crippen LogP contribution in [0, 0.1) is 0 Å². The van der Waals surface area contributed by atoms with E-state index in [4.69, 9.17) is 16.3 Å². The fraction of sp³-hybridized carbons (Fsp3) is 0.316. The van der Waals surface area contributed by atoms with Crippen LogP contribution < -0.4 is 15.4 Å². The highest BCUT2D eigenvalue weighted by atomic mass is 35.5. The molecule has 0 aliphatic rings. The normalized spacial score (nSPS) is 11.0. The third kappa shape index (κ3) is 4.90. The van der Waals surface area contributed by atoms with Crippen molar-refractivity contribution in [2.75, 3.05) is 13.7 Å². The van der Waals surface area contributed by atoms with Crippen LogP contribution in [0.2, 0.25) is 5.02 Å². The molecule has 128 valence electrons. The van der Waals surface area contributed by atoms with Crippen molar-refractivity contribution in [2.24, 2.45) is 0 Å². The molecule has 0 bridgehead atoms. The van der Waals surface area contributed by atoms with Crippen LogP contribution in [0.1, 0.15) is 25.0 Å². The topological polar surface area (TPSA) is 50.4 Å². The first kappa shape index (κ1) is 18.1. The number of urea groups is 1. The molecule has 0 aliphatic heterocycles. The van der Waals surface area contributed by atoms with Crippen molar-refractivity contribution < 1.29 is 9.53 Å². The number of hydrogen-bond acceptors (Lipinski definition) is 2. The number of carbonyl (C=O) groups excluding carboxylic acids is 1. The van der Waals surface area contributed by atoms with Gasteiger partial charge in [-0.05, 0) is 29.3 Å². The van der Waals surface area contributed by atoms with Gasteiger partial charge in [0, 0.05) is 23.5 Å². The molecule has 2 N–H and O–H groups in total. The summed E-state index contributed by atoms with van der Waals surface area (Å²) in [4.78, 5) is 12.0. The monoisotopic (exact) mass is 346 g/mol. The SMILES string of the molecule is COc1ccc(C(C)(C)CNC(=O)NCc2ccccc2Cl)cc1. The highest BCUT2D eigenvalue weighted by molar-refractivity contribution is 6.31. The molecule has 0 aromatic heterocycles. The molecule has 0 saturated heterocycles. The molecule has 0 radical (unpaired) electrons.